The monoisotopic (exact) mass is 321 g/mol. The Kier molecular flexibility index (Phi) is 4.32. The molecule has 1 aliphatic heterocycles. The first-order valence-electron chi connectivity index (χ1n) is 9.60. The summed E-state index contributed by atoms with van der Waals surface area (Å²) in [4.78, 5) is 12.5. The first-order valence-corrected chi connectivity index (χ1v) is 9.60. The topological polar surface area (TPSA) is 38.3 Å². The van der Waals surface area contributed by atoms with Crippen LogP contribution in [-0.4, -0.2) is 24.7 Å². The van der Waals surface area contributed by atoms with Gasteiger partial charge in [0.25, 0.3) is 0 Å². The summed E-state index contributed by atoms with van der Waals surface area (Å²) in [5.41, 5.74) is 0.483. The zero-order valence-corrected chi connectivity index (χ0v) is 15.8. The lowest BCUT2D eigenvalue weighted by atomic mass is 9.59. The molecule has 0 aromatic carbocycles. The van der Waals surface area contributed by atoms with Crippen LogP contribution < -0.4 is 5.32 Å². The molecule has 1 spiro atoms. The minimum Gasteiger partial charge on any atom is -0.378 e. The zero-order valence-electron chi connectivity index (χ0n) is 15.8. The molecule has 0 aromatic rings. The third-order valence-corrected chi connectivity index (χ3v) is 7.14. The Labute approximate surface area is 141 Å². The van der Waals surface area contributed by atoms with Crippen LogP contribution in [0.15, 0.2) is 0 Å². The van der Waals surface area contributed by atoms with E-state index in [1.54, 1.807) is 0 Å². The van der Waals surface area contributed by atoms with Gasteiger partial charge in [-0.3, -0.25) is 4.79 Å². The second-order valence-corrected chi connectivity index (χ2v) is 9.68. The number of carbonyl (C=O) groups excluding carboxylic acids is 1. The van der Waals surface area contributed by atoms with E-state index < -0.39 is 0 Å². The summed E-state index contributed by atoms with van der Waals surface area (Å²) in [6, 6.07) is 0.312. The van der Waals surface area contributed by atoms with Crippen molar-refractivity contribution in [2.24, 2.45) is 34.5 Å². The van der Waals surface area contributed by atoms with E-state index in [2.05, 4.69) is 33.0 Å². The molecule has 5 atom stereocenters. The number of amides is 1. The van der Waals surface area contributed by atoms with Gasteiger partial charge >= 0.3 is 0 Å². The quantitative estimate of drug-likeness (QED) is 0.849. The van der Waals surface area contributed by atoms with E-state index in [0.717, 1.165) is 25.4 Å². The fraction of sp³-hybridized carbons (Fsp3) is 0.950. The fourth-order valence-corrected chi connectivity index (χ4v) is 5.92. The van der Waals surface area contributed by atoms with E-state index in [0.29, 0.717) is 24.0 Å². The normalized spacial score (nSPS) is 41.4. The Morgan fingerprint density at radius 1 is 1.26 bits per heavy atom. The van der Waals surface area contributed by atoms with Crippen LogP contribution in [0.1, 0.15) is 67.2 Å². The molecule has 3 rings (SSSR count). The number of rotatable bonds is 4. The third-order valence-electron chi connectivity index (χ3n) is 7.14. The Bertz CT molecular complexity index is 470. The molecule has 3 aliphatic rings. The highest BCUT2D eigenvalue weighted by Crippen LogP contribution is 2.68. The highest BCUT2D eigenvalue weighted by atomic mass is 16.5. The first kappa shape index (κ1) is 17.3. The van der Waals surface area contributed by atoms with Crippen molar-refractivity contribution in [2.45, 2.75) is 79.4 Å². The standard InChI is InChI=1S/C20H35NO2/c1-12(2)9-16-15-10-14-11-20(15,7-8-23-16)18(19(14,5)6)21-17(22)13(3)4/h12-16,18H,7-11H2,1-6H3,(H,21,22)/t14-,15-,16-,18+,20-/m1/s1. The molecule has 1 heterocycles. The smallest absolute Gasteiger partial charge is 0.222 e. The van der Waals surface area contributed by atoms with Crippen LogP contribution in [0, 0.1) is 34.5 Å². The van der Waals surface area contributed by atoms with Crippen molar-refractivity contribution in [3.63, 3.8) is 0 Å². The molecule has 3 heteroatoms. The van der Waals surface area contributed by atoms with Gasteiger partial charge < -0.3 is 10.1 Å². The number of nitrogens with one attached hydrogen (secondary N) is 1. The van der Waals surface area contributed by atoms with Gasteiger partial charge in [-0.1, -0.05) is 41.5 Å². The number of hydrogen-bond donors (Lipinski definition) is 1. The van der Waals surface area contributed by atoms with Crippen LogP contribution >= 0.6 is 0 Å². The van der Waals surface area contributed by atoms with Gasteiger partial charge in [0.05, 0.1) is 6.10 Å². The average molecular weight is 322 g/mol. The molecule has 132 valence electrons. The maximum atomic E-state index is 12.5. The zero-order chi connectivity index (χ0) is 17.0. The largest absolute Gasteiger partial charge is 0.378 e. The van der Waals surface area contributed by atoms with Crippen LogP contribution in [-0.2, 0) is 9.53 Å². The minimum absolute atomic E-state index is 0.0612. The van der Waals surface area contributed by atoms with Crippen molar-refractivity contribution in [3.8, 4) is 0 Å². The maximum absolute atomic E-state index is 12.5. The summed E-state index contributed by atoms with van der Waals surface area (Å²) >= 11 is 0. The SMILES string of the molecule is CC(C)C[C@H]1OCC[C@@]23C[C@@H](C[C@H]12)C(C)(C)[C@@H]3NC(=O)C(C)C. The Morgan fingerprint density at radius 2 is 1.96 bits per heavy atom. The predicted octanol–water partition coefficient (Wildman–Crippen LogP) is 4.01. The van der Waals surface area contributed by atoms with Gasteiger partial charge in [0.2, 0.25) is 5.91 Å². The average Bonchev–Trinajstić information content (AvgIpc) is 2.92. The van der Waals surface area contributed by atoms with Gasteiger partial charge in [-0.25, -0.2) is 0 Å². The van der Waals surface area contributed by atoms with Crippen molar-refractivity contribution < 1.29 is 9.53 Å². The van der Waals surface area contributed by atoms with Crippen molar-refractivity contribution in [1.29, 1.82) is 0 Å². The third kappa shape index (κ3) is 2.63. The van der Waals surface area contributed by atoms with Gasteiger partial charge in [0, 0.05) is 18.6 Å². The lowest BCUT2D eigenvalue weighted by Gasteiger charge is -2.53. The van der Waals surface area contributed by atoms with Crippen LogP contribution in [0.2, 0.25) is 0 Å². The molecule has 0 aromatic heterocycles. The highest BCUT2D eigenvalue weighted by molar-refractivity contribution is 5.78. The van der Waals surface area contributed by atoms with Crippen molar-refractivity contribution in [1.82, 2.24) is 5.32 Å². The highest BCUT2D eigenvalue weighted by Gasteiger charge is 2.68. The second kappa shape index (κ2) is 5.75. The van der Waals surface area contributed by atoms with Crippen LogP contribution in [0.3, 0.4) is 0 Å². The van der Waals surface area contributed by atoms with Crippen molar-refractivity contribution in [2.75, 3.05) is 6.61 Å². The first-order chi connectivity index (χ1) is 10.7. The molecular weight excluding hydrogens is 286 g/mol. The van der Waals surface area contributed by atoms with E-state index in [9.17, 15) is 4.79 Å². The molecule has 1 amide bonds. The van der Waals surface area contributed by atoms with E-state index >= 15 is 0 Å². The van der Waals surface area contributed by atoms with Crippen LogP contribution in [0.25, 0.3) is 0 Å². The van der Waals surface area contributed by atoms with Crippen molar-refractivity contribution in [3.05, 3.63) is 0 Å². The van der Waals surface area contributed by atoms with E-state index in [1.165, 1.54) is 12.8 Å². The number of carbonyl (C=O) groups is 1. The fourth-order valence-electron chi connectivity index (χ4n) is 5.92. The van der Waals surface area contributed by atoms with Gasteiger partial charge in [-0.05, 0) is 54.3 Å². The molecule has 1 N–H and O–H groups in total. The molecule has 1 saturated heterocycles. The molecular formula is C20H35NO2. The Balaban J connectivity index is 1.88. The molecule has 2 saturated carbocycles. The number of ether oxygens (including phenoxy) is 1. The molecule has 0 radical (unpaired) electrons. The lowest BCUT2D eigenvalue weighted by Crippen LogP contribution is -2.60. The van der Waals surface area contributed by atoms with E-state index in [4.69, 9.17) is 4.74 Å². The van der Waals surface area contributed by atoms with Gasteiger partial charge in [0.1, 0.15) is 0 Å². The number of hydrogen-bond acceptors (Lipinski definition) is 2. The van der Waals surface area contributed by atoms with Crippen LogP contribution in [0.4, 0.5) is 0 Å². The van der Waals surface area contributed by atoms with Crippen molar-refractivity contribution >= 4 is 5.91 Å². The maximum Gasteiger partial charge on any atom is 0.222 e. The van der Waals surface area contributed by atoms with Gasteiger partial charge in [-0.2, -0.15) is 0 Å². The minimum atomic E-state index is 0.0612. The lowest BCUT2D eigenvalue weighted by molar-refractivity contribution is -0.140. The van der Waals surface area contributed by atoms with Crippen LogP contribution in [0.5, 0.6) is 0 Å². The summed E-state index contributed by atoms with van der Waals surface area (Å²) in [5.74, 6) is 2.31. The van der Waals surface area contributed by atoms with Gasteiger partial charge in [0.15, 0.2) is 0 Å². The molecule has 3 nitrogen and oxygen atoms in total. The summed E-state index contributed by atoms with van der Waals surface area (Å²) in [6.07, 6.45) is 5.24. The molecule has 2 aliphatic carbocycles. The summed E-state index contributed by atoms with van der Waals surface area (Å²) < 4.78 is 6.21. The number of fused-ring (bicyclic) bond motifs is 1. The molecule has 2 bridgehead atoms. The summed E-state index contributed by atoms with van der Waals surface area (Å²) in [6.45, 7) is 14.2. The molecule has 23 heavy (non-hydrogen) atoms. The van der Waals surface area contributed by atoms with Gasteiger partial charge in [-0.15, -0.1) is 0 Å². The van der Waals surface area contributed by atoms with E-state index in [-0.39, 0.29) is 22.7 Å². The molecule has 0 unspecified atom stereocenters. The summed E-state index contributed by atoms with van der Waals surface area (Å²) in [7, 11) is 0. The summed E-state index contributed by atoms with van der Waals surface area (Å²) in [5, 5.41) is 3.47. The Hall–Kier alpha value is -0.570. The second-order valence-electron chi connectivity index (χ2n) is 9.68. The predicted molar refractivity (Wildman–Crippen MR) is 93.0 cm³/mol. The molecule has 3 fully saturated rings. The van der Waals surface area contributed by atoms with E-state index in [1.807, 2.05) is 13.8 Å². The Morgan fingerprint density at radius 3 is 2.57 bits per heavy atom.